The van der Waals surface area contributed by atoms with Crippen LogP contribution in [0.4, 0.5) is 5.69 Å². The lowest BCUT2D eigenvalue weighted by Gasteiger charge is -2.31. The number of pyridine rings is 1. The van der Waals surface area contributed by atoms with E-state index >= 15 is 0 Å². The lowest BCUT2D eigenvalue weighted by Crippen LogP contribution is -2.35. The van der Waals surface area contributed by atoms with Gasteiger partial charge in [0.25, 0.3) is 0 Å². The Morgan fingerprint density at radius 2 is 1.93 bits per heavy atom. The topological polar surface area (TPSA) is 92.5 Å². The first kappa shape index (κ1) is 20.6. The van der Waals surface area contributed by atoms with E-state index in [2.05, 4.69) is 11.1 Å². The minimum Gasteiger partial charge on any atom is -0.497 e. The standard InChI is InChI=1S/C22H25N3O4S/c1-28-19-4-2-17(3-5-19)15-25(30(26,27)20-6-7-20)18-8-11-24-21(14-18)22(16-23)9-12-29-13-10-22/h2-5,8,11,14,20H,6-7,9-10,12-13,15H2,1H3. The molecule has 8 heteroatoms. The number of ether oxygens (including phenoxy) is 2. The molecule has 1 saturated carbocycles. The average molecular weight is 428 g/mol. The average Bonchev–Trinajstić information content (AvgIpc) is 3.64. The highest BCUT2D eigenvalue weighted by Crippen LogP contribution is 2.38. The highest BCUT2D eigenvalue weighted by molar-refractivity contribution is 7.93. The van der Waals surface area contributed by atoms with Gasteiger partial charge in [-0.25, -0.2) is 8.42 Å². The summed E-state index contributed by atoms with van der Waals surface area (Å²) in [5.41, 5.74) is 1.27. The Morgan fingerprint density at radius 1 is 1.23 bits per heavy atom. The number of anilines is 1. The van der Waals surface area contributed by atoms with E-state index in [1.807, 2.05) is 24.3 Å². The highest BCUT2D eigenvalue weighted by Gasteiger charge is 2.41. The lowest BCUT2D eigenvalue weighted by molar-refractivity contribution is 0.0664. The minimum absolute atomic E-state index is 0.217. The molecule has 0 atom stereocenters. The summed E-state index contributed by atoms with van der Waals surface area (Å²) in [5, 5.41) is 9.53. The second kappa shape index (κ2) is 8.25. The number of nitrogens with zero attached hydrogens (tertiary/aromatic N) is 3. The highest BCUT2D eigenvalue weighted by atomic mass is 32.2. The van der Waals surface area contributed by atoms with Gasteiger partial charge in [-0.15, -0.1) is 0 Å². The van der Waals surface area contributed by atoms with E-state index in [1.165, 1.54) is 4.31 Å². The number of hydrogen-bond donors (Lipinski definition) is 0. The quantitative estimate of drug-likeness (QED) is 0.674. The van der Waals surface area contributed by atoms with Crippen LogP contribution in [0.2, 0.25) is 0 Å². The number of methoxy groups -OCH3 is 1. The van der Waals surface area contributed by atoms with Crippen molar-refractivity contribution in [2.24, 2.45) is 0 Å². The summed E-state index contributed by atoms with van der Waals surface area (Å²) in [6.07, 6.45) is 4.06. The fraction of sp³-hybridized carbons (Fsp3) is 0.455. The third-order valence-electron chi connectivity index (χ3n) is 5.82. The molecule has 2 fully saturated rings. The monoisotopic (exact) mass is 427 g/mol. The molecular formula is C22H25N3O4S. The summed E-state index contributed by atoms with van der Waals surface area (Å²) in [6, 6.07) is 13.3. The summed E-state index contributed by atoms with van der Waals surface area (Å²) in [6.45, 7) is 1.21. The maximum atomic E-state index is 13.3. The van der Waals surface area contributed by atoms with Crippen molar-refractivity contribution in [2.45, 2.75) is 42.9 Å². The SMILES string of the molecule is COc1ccc(CN(c2ccnc(C3(C#N)CCOCC3)c2)S(=O)(=O)C2CC2)cc1. The van der Waals surface area contributed by atoms with Crippen LogP contribution in [0, 0.1) is 11.3 Å². The minimum atomic E-state index is -3.50. The number of benzene rings is 1. The molecule has 2 aromatic rings. The van der Waals surface area contributed by atoms with Gasteiger partial charge in [0.05, 0.1) is 36.4 Å². The molecule has 1 saturated heterocycles. The van der Waals surface area contributed by atoms with Gasteiger partial charge >= 0.3 is 0 Å². The molecule has 30 heavy (non-hydrogen) atoms. The molecule has 1 aromatic carbocycles. The van der Waals surface area contributed by atoms with Crippen molar-refractivity contribution < 1.29 is 17.9 Å². The molecule has 158 valence electrons. The number of hydrogen-bond acceptors (Lipinski definition) is 6. The Hall–Kier alpha value is -2.63. The van der Waals surface area contributed by atoms with E-state index in [0.717, 1.165) is 11.3 Å². The summed E-state index contributed by atoms with van der Waals surface area (Å²) >= 11 is 0. The summed E-state index contributed by atoms with van der Waals surface area (Å²) in [5.74, 6) is 0.719. The van der Waals surface area contributed by atoms with Crippen LogP contribution in [0.25, 0.3) is 0 Å². The van der Waals surface area contributed by atoms with Crippen molar-refractivity contribution in [3.8, 4) is 11.8 Å². The zero-order valence-electron chi connectivity index (χ0n) is 17.0. The van der Waals surface area contributed by atoms with Crippen LogP contribution in [-0.4, -0.2) is 39.0 Å². The van der Waals surface area contributed by atoms with Crippen LogP contribution in [0.3, 0.4) is 0 Å². The van der Waals surface area contributed by atoms with E-state index in [-0.39, 0.29) is 11.8 Å². The number of nitriles is 1. The Morgan fingerprint density at radius 3 is 2.53 bits per heavy atom. The molecule has 0 radical (unpaired) electrons. The maximum absolute atomic E-state index is 13.3. The van der Waals surface area contributed by atoms with Gasteiger partial charge in [-0.2, -0.15) is 5.26 Å². The zero-order chi connectivity index (χ0) is 21.2. The Labute approximate surface area is 177 Å². The van der Waals surface area contributed by atoms with Crippen molar-refractivity contribution in [3.63, 3.8) is 0 Å². The van der Waals surface area contributed by atoms with E-state index < -0.39 is 15.4 Å². The number of sulfonamides is 1. The van der Waals surface area contributed by atoms with E-state index in [1.54, 1.807) is 25.4 Å². The van der Waals surface area contributed by atoms with Crippen molar-refractivity contribution >= 4 is 15.7 Å². The normalized spacial score (nSPS) is 18.4. The van der Waals surface area contributed by atoms with Crippen LogP contribution in [-0.2, 0) is 26.7 Å². The van der Waals surface area contributed by atoms with E-state index in [9.17, 15) is 13.7 Å². The van der Waals surface area contributed by atoms with Gasteiger partial charge < -0.3 is 9.47 Å². The summed E-state index contributed by atoms with van der Waals surface area (Å²) in [4.78, 5) is 4.44. The largest absolute Gasteiger partial charge is 0.497 e. The molecule has 0 unspecified atom stereocenters. The lowest BCUT2D eigenvalue weighted by atomic mass is 9.78. The fourth-order valence-electron chi connectivity index (χ4n) is 3.75. The van der Waals surface area contributed by atoms with Gasteiger partial charge in [-0.05, 0) is 55.5 Å². The molecule has 1 aromatic heterocycles. The molecule has 0 bridgehead atoms. The van der Waals surface area contributed by atoms with Crippen molar-refractivity contribution in [3.05, 3.63) is 53.9 Å². The first-order chi connectivity index (χ1) is 14.5. The van der Waals surface area contributed by atoms with Crippen molar-refractivity contribution in [1.82, 2.24) is 4.98 Å². The molecular weight excluding hydrogens is 402 g/mol. The first-order valence-corrected chi connectivity index (χ1v) is 11.6. The molecule has 0 N–H and O–H groups in total. The zero-order valence-corrected chi connectivity index (χ0v) is 17.8. The third-order valence-corrected chi connectivity index (χ3v) is 8.09. The first-order valence-electron chi connectivity index (χ1n) is 10.1. The van der Waals surface area contributed by atoms with E-state index in [4.69, 9.17) is 9.47 Å². The van der Waals surface area contributed by atoms with Gasteiger partial charge in [-0.1, -0.05) is 12.1 Å². The summed E-state index contributed by atoms with van der Waals surface area (Å²) < 4.78 is 38.6. The molecule has 1 aliphatic heterocycles. The van der Waals surface area contributed by atoms with Gasteiger partial charge in [0.15, 0.2) is 0 Å². The molecule has 1 aliphatic carbocycles. The smallest absolute Gasteiger partial charge is 0.238 e. The second-order valence-electron chi connectivity index (χ2n) is 7.80. The number of rotatable bonds is 7. The van der Waals surface area contributed by atoms with E-state index in [0.29, 0.717) is 50.3 Å². The van der Waals surface area contributed by atoms with Gasteiger partial charge in [-0.3, -0.25) is 9.29 Å². The Balaban J connectivity index is 1.71. The number of aromatic nitrogens is 1. The van der Waals surface area contributed by atoms with Crippen LogP contribution < -0.4 is 9.04 Å². The second-order valence-corrected chi connectivity index (χ2v) is 9.94. The summed E-state index contributed by atoms with van der Waals surface area (Å²) in [7, 11) is -1.91. The predicted octanol–water partition coefficient (Wildman–Crippen LogP) is 3.16. The molecule has 2 aliphatic rings. The molecule has 4 rings (SSSR count). The molecule has 0 spiro atoms. The van der Waals surface area contributed by atoms with Crippen LogP contribution in [0.15, 0.2) is 42.6 Å². The van der Waals surface area contributed by atoms with Gasteiger partial charge in [0.1, 0.15) is 11.2 Å². The van der Waals surface area contributed by atoms with Crippen LogP contribution in [0.5, 0.6) is 5.75 Å². The van der Waals surface area contributed by atoms with Crippen molar-refractivity contribution in [1.29, 1.82) is 5.26 Å². The molecule has 2 heterocycles. The van der Waals surface area contributed by atoms with Crippen LogP contribution in [0.1, 0.15) is 36.9 Å². The molecule has 7 nitrogen and oxygen atoms in total. The Bertz CT molecular complexity index is 1040. The van der Waals surface area contributed by atoms with Crippen molar-refractivity contribution in [2.75, 3.05) is 24.6 Å². The molecule has 0 amide bonds. The maximum Gasteiger partial charge on any atom is 0.238 e. The van der Waals surface area contributed by atoms with Crippen LogP contribution >= 0.6 is 0 Å². The van der Waals surface area contributed by atoms with Gasteiger partial charge in [0.2, 0.25) is 10.0 Å². The third kappa shape index (κ3) is 4.00. The Kier molecular flexibility index (Phi) is 5.67. The fourth-order valence-corrected chi connectivity index (χ4v) is 5.58. The predicted molar refractivity (Wildman–Crippen MR) is 113 cm³/mol. The van der Waals surface area contributed by atoms with Gasteiger partial charge in [0, 0.05) is 19.4 Å².